The molecular formula is C18H23N3O2S. The monoisotopic (exact) mass is 345 g/mol. The number of aromatic nitrogens is 1. The van der Waals surface area contributed by atoms with Crippen molar-refractivity contribution in [2.45, 2.75) is 19.9 Å². The number of pyridine rings is 1. The van der Waals surface area contributed by atoms with E-state index in [0.29, 0.717) is 18.3 Å². The van der Waals surface area contributed by atoms with Gasteiger partial charge in [-0.25, -0.2) is 0 Å². The molecule has 2 N–H and O–H groups in total. The summed E-state index contributed by atoms with van der Waals surface area (Å²) in [6.07, 6.45) is 4.42. The molecule has 6 heteroatoms. The Morgan fingerprint density at radius 2 is 2.04 bits per heavy atom. The van der Waals surface area contributed by atoms with Gasteiger partial charge in [-0.2, -0.15) is 0 Å². The first-order valence-electron chi connectivity index (χ1n) is 7.93. The molecular weight excluding hydrogens is 322 g/mol. The maximum absolute atomic E-state index is 5.52. The van der Waals surface area contributed by atoms with Gasteiger partial charge in [-0.3, -0.25) is 4.98 Å². The van der Waals surface area contributed by atoms with Gasteiger partial charge in [0.15, 0.2) is 16.6 Å². The predicted octanol–water partition coefficient (Wildman–Crippen LogP) is 2.70. The van der Waals surface area contributed by atoms with Crippen LogP contribution in [0.15, 0.2) is 42.7 Å². The van der Waals surface area contributed by atoms with E-state index >= 15 is 0 Å². The molecule has 24 heavy (non-hydrogen) atoms. The third-order valence-electron chi connectivity index (χ3n) is 3.40. The number of hydrogen-bond acceptors (Lipinski definition) is 4. The Morgan fingerprint density at radius 3 is 2.75 bits per heavy atom. The quantitative estimate of drug-likeness (QED) is 0.718. The number of ether oxygens (including phenoxy) is 2. The second kappa shape index (κ2) is 9.72. The SMILES string of the molecule is CCOc1ccc(CCNC(=S)NCc2cccnc2)cc1OC. The summed E-state index contributed by atoms with van der Waals surface area (Å²) in [5, 5.41) is 7.01. The third kappa shape index (κ3) is 5.70. The van der Waals surface area contributed by atoms with Gasteiger partial charge in [0.2, 0.25) is 0 Å². The van der Waals surface area contributed by atoms with Crippen LogP contribution in [0, 0.1) is 0 Å². The summed E-state index contributed by atoms with van der Waals surface area (Å²) in [5.41, 5.74) is 2.26. The minimum Gasteiger partial charge on any atom is -0.493 e. The van der Waals surface area contributed by atoms with E-state index < -0.39 is 0 Å². The van der Waals surface area contributed by atoms with Gasteiger partial charge in [0.05, 0.1) is 13.7 Å². The normalized spacial score (nSPS) is 10.1. The van der Waals surface area contributed by atoms with Crippen molar-refractivity contribution in [3.8, 4) is 11.5 Å². The molecule has 5 nitrogen and oxygen atoms in total. The van der Waals surface area contributed by atoms with Gasteiger partial charge in [-0.15, -0.1) is 0 Å². The molecule has 0 saturated heterocycles. The fourth-order valence-electron chi connectivity index (χ4n) is 2.21. The average molecular weight is 345 g/mol. The molecule has 0 aliphatic heterocycles. The Labute approximate surface area is 148 Å². The van der Waals surface area contributed by atoms with Gasteiger partial charge in [0.25, 0.3) is 0 Å². The van der Waals surface area contributed by atoms with Crippen LogP contribution in [0.1, 0.15) is 18.1 Å². The Hall–Kier alpha value is -2.34. The fraction of sp³-hybridized carbons (Fsp3) is 0.333. The van der Waals surface area contributed by atoms with Gasteiger partial charge < -0.3 is 20.1 Å². The molecule has 0 radical (unpaired) electrons. The number of benzene rings is 1. The molecule has 1 aromatic carbocycles. The highest BCUT2D eigenvalue weighted by atomic mass is 32.1. The predicted molar refractivity (Wildman–Crippen MR) is 99.5 cm³/mol. The van der Waals surface area contributed by atoms with E-state index in [1.807, 2.05) is 43.5 Å². The third-order valence-corrected chi connectivity index (χ3v) is 3.69. The standard InChI is InChI=1S/C18H23N3O2S/c1-3-23-16-7-6-14(11-17(16)22-2)8-10-20-18(24)21-13-15-5-4-9-19-12-15/h4-7,9,11-12H,3,8,10,13H2,1-2H3,(H2,20,21,24). The largest absolute Gasteiger partial charge is 0.493 e. The lowest BCUT2D eigenvalue weighted by atomic mass is 10.1. The smallest absolute Gasteiger partial charge is 0.166 e. The first-order valence-corrected chi connectivity index (χ1v) is 8.34. The van der Waals surface area contributed by atoms with Crippen LogP contribution in [-0.4, -0.2) is 30.4 Å². The van der Waals surface area contributed by atoms with Crippen LogP contribution in [0.2, 0.25) is 0 Å². The van der Waals surface area contributed by atoms with E-state index in [1.54, 1.807) is 13.3 Å². The zero-order valence-corrected chi connectivity index (χ0v) is 14.9. The number of thiocarbonyl (C=S) groups is 1. The van der Waals surface area contributed by atoms with Crippen LogP contribution in [0.3, 0.4) is 0 Å². The van der Waals surface area contributed by atoms with Crippen molar-refractivity contribution < 1.29 is 9.47 Å². The van der Waals surface area contributed by atoms with Crippen LogP contribution < -0.4 is 20.1 Å². The maximum atomic E-state index is 5.52. The number of hydrogen-bond donors (Lipinski definition) is 2. The molecule has 0 unspecified atom stereocenters. The van der Waals surface area contributed by atoms with Gasteiger partial charge in [-0.05, 0) is 54.9 Å². The highest BCUT2D eigenvalue weighted by molar-refractivity contribution is 7.80. The molecule has 2 rings (SSSR count). The van der Waals surface area contributed by atoms with E-state index in [1.165, 1.54) is 0 Å². The van der Waals surface area contributed by atoms with E-state index in [2.05, 4.69) is 15.6 Å². The van der Waals surface area contributed by atoms with E-state index in [0.717, 1.165) is 35.6 Å². The summed E-state index contributed by atoms with van der Waals surface area (Å²) in [7, 11) is 1.65. The summed E-state index contributed by atoms with van der Waals surface area (Å²) in [6.45, 7) is 3.98. The Bertz CT molecular complexity index is 650. The molecule has 1 heterocycles. The number of nitrogens with zero attached hydrogens (tertiary/aromatic N) is 1. The van der Waals surface area contributed by atoms with Crippen molar-refractivity contribution in [1.29, 1.82) is 0 Å². The van der Waals surface area contributed by atoms with Crippen LogP contribution in [0.4, 0.5) is 0 Å². The van der Waals surface area contributed by atoms with Crippen LogP contribution in [0.5, 0.6) is 11.5 Å². The van der Waals surface area contributed by atoms with Crippen molar-refractivity contribution in [1.82, 2.24) is 15.6 Å². The van der Waals surface area contributed by atoms with Crippen LogP contribution in [-0.2, 0) is 13.0 Å². The van der Waals surface area contributed by atoms with Crippen molar-refractivity contribution in [3.63, 3.8) is 0 Å². The lowest BCUT2D eigenvalue weighted by Crippen LogP contribution is -2.35. The number of nitrogens with one attached hydrogen (secondary N) is 2. The summed E-state index contributed by atoms with van der Waals surface area (Å²) in [5.74, 6) is 1.52. The first-order chi connectivity index (χ1) is 11.7. The molecule has 0 fully saturated rings. The van der Waals surface area contributed by atoms with Gasteiger partial charge >= 0.3 is 0 Å². The summed E-state index contributed by atoms with van der Waals surface area (Å²) in [6, 6.07) is 9.90. The summed E-state index contributed by atoms with van der Waals surface area (Å²) < 4.78 is 10.9. The molecule has 128 valence electrons. The second-order valence-electron chi connectivity index (χ2n) is 5.14. The first kappa shape index (κ1) is 18.0. The highest BCUT2D eigenvalue weighted by Crippen LogP contribution is 2.28. The lowest BCUT2D eigenvalue weighted by molar-refractivity contribution is 0.310. The Balaban J connectivity index is 1.76. The molecule has 0 spiro atoms. The molecule has 0 aliphatic carbocycles. The van der Waals surface area contributed by atoms with Gasteiger partial charge in [-0.1, -0.05) is 12.1 Å². The zero-order valence-electron chi connectivity index (χ0n) is 14.0. The van der Waals surface area contributed by atoms with Crippen molar-refractivity contribution in [3.05, 3.63) is 53.9 Å². The van der Waals surface area contributed by atoms with Crippen LogP contribution >= 0.6 is 12.2 Å². The molecule has 0 amide bonds. The minimum atomic E-state index is 0.619. The maximum Gasteiger partial charge on any atom is 0.166 e. The minimum absolute atomic E-state index is 0.619. The molecule has 2 aromatic rings. The summed E-state index contributed by atoms with van der Waals surface area (Å²) >= 11 is 5.29. The molecule has 0 bridgehead atoms. The van der Waals surface area contributed by atoms with Gasteiger partial charge in [0, 0.05) is 25.5 Å². The number of rotatable bonds is 8. The molecule has 1 aromatic heterocycles. The second-order valence-corrected chi connectivity index (χ2v) is 5.55. The summed E-state index contributed by atoms with van der Waals surface area (Å²) in [4.78, 5) is 4.08. The van der Waals surface area contributed by atoms with Crippen molar-refractivity contribution in [2.75, 3.05) is 20.3 Å². The van der Waals surface area contributed by atoms with Crippen LogP contribution in [0.25, 0.3) is 0 Å². The van der Waals surface area contributed by atoms with E-state index in [9.17, 15) is 0 Å². The van der Waals surface area contributed by atoms with Crippen molar-refractivity contribution in [2.24, 2.45) is 0 Å². The number of methoxy groups -OCH3 is 1. The van der Waals surface area contributed by atoms with E-state index in [-0.39, 0.29) is 0 Å². The van der Waals surface area contributed by atoms with Crippen molar-refractivity contribution >= 4 is 17.3 Å². The lowest BCUT2D eigenvalue weighted by Gasteiger charge is -2.12. The molecule has 0 saturated carbocycles. The Kier molecular flexibility index (Phi) is 7.29. The average Bonchev–Trinajstić information content (AvgIpc) is 2.62. The fourth-order valence-corrected chi connectivity index (χ4v) is 2.38. The van der Waals surface area contributed by atoms with E-state index in [4.69, 9.17) is 21.7 Å². The van der Waals surface area contributed by atoms with Gasteiger partial charge in [0.1, 0.15) is 0 Å². The topological polar surface area (TPSA) is 55.4 Å². The Morgan fingerprint density at radius 1 is 1.17 bits per heavy atom. The highest BCUT2D eigenvalue weighted by Gasteiger charge is 2.05. The zero-order chi connectivity index (χ0) is 17.2. The molecule has 0 atom stereocenters. The molecule has 0 aliphatic rings.